The van der Waals surface area contributed by atoms with Gasteiger partial charge in [0.15, 0.2) is 0 Å². The first-order valence-corrected chi connectivity index (χ1v) is 6.14. The van der Waals surface area contributed by atoms with E-state index >= 15 is 0 Å². The quantitative estimate of drug-likeness (QED) is 0.930. The molecule has 0 aromatic carbocycles. The number of ether oxygens (including phenoxy) is 2. The molecule has 2 aromatic heterocycles. The minimum atomic E-state index is -0.0158. The summed E-state index contributed by atoms with van der Waals surface area (Å²) in [6.07, 6.45) is 3.06. The highest BCUT2D eigenvalue weighted by Crippen LogP contribution is 2.27. The van der Waals surface area contributed by atoms with E-state index in [0.717, 1.165) is 0 Å². The van der Waals surface area contributed by atoms with Gasteiger partial charge in [-0.25, -0.2) is 0 Å². The molecule has 0 fully saturated rings. The van der Waals surface area contributed by atoms with Gasteiger partial charge in [0.05, 0.1) is 23.0 Å². The van der Waals surface area contributed by atoms with Crippen LogP contribution < -0.4 is 15.2 Å². The molecule has 2 N–H and O–H groups in total. The Balaban J connectivity index is 2.21. The Labute approximate surface area is 116 Å². The molecule has 0 atom stereocenters. The Bertz CT molecular complexity index is 576. The molecule has 0 saturated heterocycles. The largest absolute Gasteiger partial charge is 0.473 e. The molecule has 0 aliphatic heterocycles. The molecular formula is C13H14ClN3O2. The van der Waals surface area contributed by atoms with Crippen LogP contribution in [-0.2, 0) is 0 Å². The third-order valence-electron chi connectivity index (χ3n) is 2.11. The summed E-state index contributed by atoms with van der Waals surface area (Å²) in [6, 6.07) is 4.98. The second-order valence-corrected chi connectivity index (χ2v) is 4.59. The van der Waals surface area contributed by atoms with Gasteiger partial charge in [-0.1, -0.05) is 11.6 Å². The molecule has 2 rings (SSSR count). The average molecular weight is 280 g/mol. The molecule has 0 bridgehead atoms. The van der Waals surface area contributed by atoms with Gasteiger partial charge in [0.25, 0.3) is 0 Å². The number of hydrogen-bond donors (Lipinski definition) is 1. The van der Waals surface area contributed by atoms with E-state index in [1.165, 1.54) is 6.20 Å². The van der Waals surface area contributed by atoms with Crippen LogP contribution in [0.25, 0.3) is 0 Å². The van der Waals surface area contributed by atoms with Gasteiger partial charge in [-0.05, 0) is 19.9 Å². The van der Waals surface area contributed by atoms with E-state index in [1.54, 1.807) is 24.4 Å². The number of nitrogens with zero attached hydrogens (tertiary/aromatic N) is 2. The number of pyridine rings is 2. The van der Waals surface area contributed by atoms with Gasteiger partial charge in [-0.2, -0.15) is 4.98 Å². The number of halogens is 1. The van der Waals surface area contributed by atoms with Crippen molar-refractivity contribution in [3.8, 4) is 17.5 Å². The van der Waals surface area contributed by atoms with Crippen molar-refractivity contribution in [1.29, 1.82) is 0 Å². The number of anilines is 1. The van der Waals surface area contributed by atoms with E-state index in [4.69, 9.17) is 26.8 Å². The van der Waals surface area contributed by atoms with Gasteiger partial charge in [0, 0.05) is 18.3 Å². The second kappa shape index (κ2) is 5.75. The third kappa shape index (κ3) is 3.72. The van der Waals surface area contributed by atoms with Crippen molar-refractivity contribution in [3.63, 3.8) is 0 Å². The van der Waals surface area contributed by atoms with Crippen molar-refractivity contribution in [1.82, 2.24) is 9.97 Å². The van der Waals surface area contributed by atoms with E-state index in [9.17, 15) is 0 Å². The smallest absolute Gasteiger partial charge is 0.240 e. The zero-order chi connectivity index (χ0) is 13.8. The molecule has 0 radical (unpaired) electrons. The maximum atomic E-state index is 5.83. The molecule has 0 saturated carbocycles. The Morgan fingerprint density at radius 2 is 2.05 bits per heavy atom. The molecule has 19 heavy (non-hydrogen) atoms. The minimum Gasteiger partial charge on any atom is -0.473 e. The van der Waals surface area contributed by atoms with E-state index in [2.05, 4.69) is 9.97 Å². The Hall–Kier alpha value is -2.01. The van der Waals surface area contributed by atoms with Crippen molar-refractivity contribution in [2.75, 3.05) is 5.73 Å². The van der Waals surface area contributed by atoms with Gasteiger partial charge in [0.2, 0.25) is 11.8 Å². The first kappa shape index (κ1) is 13.4. The topological polar surface area (TPSA) is 70.3 Å². The Morgan fingerprint density at radius 3 is 2.74 bits per heavy atom. The molecule has 0 unspecified atom stereocenters. The third-order valence-corrected chi connectivity index (χ3v) is 2.32. The van der Waals surface area contributed by atoms with Crippen LogP contribution in [0.2, 0.25) is 5.02 Å². The summed E-state index contributed by atoms with van der Waals surface area (Å²) in [6.45, 7) is 3.80. The van der Waals surface area contributed by atoms with Crippen LogP contribution in [0, 0.1) is 0 Å². The molecular weight excluding hydrogens is 266 g/mol. The van der Waals surface area contributed by atoms with Crippen molar-refractivity contribution >= 4 is 17.3 Å². The van der Waals surface area contributed by atoms with Crippen LogP contribution in [0.4, 0.5) is 5.69 Å². The molecule has 5 nitrogen and oxygen atoms in total. The van der Waals surface area contributed by atoms with E-state index in [0.29, 0.717) is 28.2 Å². The SMILES string of the molecule is CC(C)Oc1nc(Oc2cncc(Cl)c2)ccc1N. The zero-order valence-electron chi connectivity index (χ0n) is 10.6. The lowest BCUT2D eigenvalue weighted by atomic mass is 10.4. The number of aromatic nitrogens is 2. The molecule has 6 heteroatoms. The van der Waals surface area contributed by atoms with Crippen molar-refractivity contribution in [3.05, 3.63) is 35.6 Å². The standard InChI is InChI=1S/C13H14ClN3O2/c1-8(2)18-13-11(15)3-4-12(17-13)19-10-5-9(14)6-16-7-10/h3-8H,15H2,1-2H3. The van der Waals surface area contributed by atoms with E-state index in [1.807, 2.05) is 13.8 Å². The van der Waals surface area contributed by atoms with Gasteiger partial charge in [-0.3, -0.25) is 4.98 Å². The van der Waals surface area contributed by atoms with Crippen molar-refractivity contribution in [2.45, 2.75) is 20.0 Å². The van der Waals surface area contributed by atoms with Gasteiger partial charge in [-0.15, -0.1) is 0 Å². The average Bonchev–Trinajstić information content (AvgIpc) is 2.33. The summed E-state index contributed by atoms with van der Waals surface area (Å²) < 4.78 is 11.0. The van der Waals surface area contributed by atoms with Crippen LogP contribution in [0.3, 0.4) is 0 Å². The van der Waals surface area contributed by atoms with Crippen LogP contribution in [0.5, 0.6) is 17.5 Å². The molecule has 0 aliphatic carbocycles. The summed E-state index contributed by atoms with van der Waals surface area (Å²) in [7, 11) is 0. The molecule has 0 amide bonds. The normalized spacial score (nSPS) is 10.5. The zero-order valence-corrected chi connectivity index (χ0v) is 11.4. The molecule has 0 aliphatic rings. The van der Waals surface area contributed by atoms with Gasteiger partial charge >= 0.3 is 0 Å². The highest BCUT2D eigenvalue weighted by atomic mass is 35.5. The van der Waals surface area contributed by atoms with Crippen molar-refractivity contribution < 1.29 is 9.47 Å². The fourth-order valence-corrected chi connectivity index (χ4v) is 1.54. The number of rotatable bonds is 4. The number of hydrogen-bond acceptors (Lipinski definition) is 5. The fourth-order valence-electron chi connectivity index (χ4n) is 1.38. The first-order valence-electron chi connectivity index (χ1n) is 5.76. The van der Waals surface area contributed by atoms with Crippen LogP contribution in [-0.4, -0.2) is 16.1 Å². The minimum absolute atomic E-state index is 0.0158. The molecule has 2 heterocycles. The summed E-state index contributed by atoms with van der Waals surface area (Å²) in [5.41, 5.74) is 6.24. The summed E-state index contributed by atoms with van der Waals surface area (Å²) in [4.78, 5) is 8.13. The van der Waals surface area contributed by atoms with Gasteiger partial charge < -0.3 is 15.2 Å². The predicted octanol–water partition coefficient (Wildman–Crippen LogP) is 3.29. The molecule has 100 valence electrons. The maximum absolute atomic E-state index is 5.83. The number of nitrogens with two attached hydrogens (primary N) is 1. The summed E-state index contributed by atoms with van der Waals surface area (Å²) in [5, 5.41) is 0.492. The van der Waals surface area contributed by atoms with E-state index in [-0.39, 0.29) is 6.10 Å². The summed E-state index contributed by atoms with van der Waals surface area (Å²) in [5.74, 6) is 1.22. The summed E-state index contributed by atoms with van der Waals surface area (Å²) >= 11 is 5.83. The lowest BCUT2D eigenvalue weighted by Gasteiger charge is -2.12. The Morgan fingerprint density at radius 1 is 1.26 bits per heavy atom. The Kier molecular flexibility index (Phi) is 4.06. The maximum Gasteiger partial charge on any atom is 0.240 e. The fraction of sp³-hybridized carbons (Fsp3) is 0.231. The van der Waals surface area contributed by atoms with Crippen LogP contribution >= 0.6 is 11.6 Å². The van der Waals surface area contributed by atoms with Crippen LogP contribution in [0.1, 0.15) is 13.8 Å². The van der Waals surface area contributed by atoms with Gasteiger partial charge in [0.1, 0.15) is 5.75 Å². The second-order valence-electron chi connectivity index (χ2n) is 4.15. The highest BCUT2D eigenvalue weighted by Gasteiger charge is 2.08. The first-order chi connectivity index (χ1) is 9.04. The van der Waals surface area contributed by atoms with Crippen molar-refractivity contribution in [2.24, 2.45) is 0 Å². The lowest BCUT2D eigenvalue weighted by molar-refractivity contribution is 0.232. The van der Waals surface area contributed by atoms with E-state index < -0.39 is 0 Å². The highest BCUT2D eigenvalue weighted by molar-refractivity contribution is 6.30. The lowest BCUT2D eigenvalue weighted by Crippen LogP contribution is -2.09. The monoisotopic (exact) mass is 279 g/mol. The van der Waals surface area contributed by atoms with Crippen LogP contribution in [0.15, 0.2) is 30.6 Å². The predicted molar refractivity (Wildman–Crippen MR) is 73.7 cm³/mol. The number of nitrogen functional groups attached to an aromatic ring is 1. The molecule has 0 spiro atoms. The molecule has 2 aromatic rings.